The second-order valence-electron chi connectivity index (χ2n) is 14.8. The lowest BCUT2D eigenvalue weighted by Crippen LogP contribution is -2.61. The van der Waals surface area contributed by atoms with E-state index in [9.17, 15) is 0 Å². The first kappa shape index (κ1) is 27.8. The predicted octanol–water partition coefficient (Wildman–Crippen LogP) is 11.6. The standard InChI is InChI=1S/C50H29BN2/c1-3-14-36(15-4-1)52-42-18-9-19-43-48(42)51(40-28-34-22-20-30-10-7-12-32-24-26-38(49(40)52)46(34)44(30)32)41-29-35-23-21-31-11-8-13-33-25-27-39(47(35)45(31)33)50(41)53(43)37-16-5-2-6-17-37/h1-29H. The van der Waals surface area contributed by atoms with E-state index in [1.54, 1.807) is 0 Å². The quantitative estimate of drug-likeness (QED) is 0.134. The summed E-state index contributed by atoms with van der Waals surface area (Å²) in [6.45, 7) is 0.0231. The molecular weight excluding hydrogens is 639 g/mol. The summed E-state index contributed by atoms with van der Waals surface area (Å²) in [5.41, 5.74) is 11.4. The highest BCUT2D eigenvalue weighted by atomic mass is 15.2. The minimum absolute atomic E-state index is 0.0231. The van der Waals surface area contributed by atoms with Crippen molar-refractivity contribution in [1.29, 1.82) is 0 Å². The number of hydrogen-bond donors (Lipinski definition) is 0. The Morgan fingerprint density at radius 1 is 0.321 bits per heavy atom. The maximum absolute atomic E-state index is 2.55. The van der Waals surface area contributed by atoms with Gasteiger partial charge in [-0.05, 0) is 107 Å². The molecule has 0 saturated heterocycles. The van der Waals surface area contributed by atoms with Gasteiger partial charge >= 0.3 is 0 Å². The Hall–Kier alpha value is -6.84. The van der Waals surface area contributed by atoms with E-state index in [0.717, 1.165) is 0 Å². The molecule has 242 valence electrons. The number of rotatable bonds is 2. The number of hydrogen-bond acceptors (Lipinski definition) is 2. The highest BCUT2D eigenvalue weighted by Gasteiger charge is 2.45. The maximum atomic E-state index is 2.55. The van der Waals surface area contributed by atoms with Gasteiger partial charge in [-0.1, -0.05) is 140 Å². The molecule has 0 radical (unpaired) electrons. The zero-order valence-electron chi connectivity index (χ0n) is 28.7. The predicted molar refractivity (Wildman–Crippen MR) is 228 cm³/mol. The highest BCUT2D eigenvalue weighted by Crippen LogP contribution is 2.50. The third-order valence-corrected chi connectivity index (χ3v) is 12.2. The molecule has 0 bridgehead atoms. The van der Waals surface area contributed by atoms with Crippen LogP contribution in [-0.4, -0.2) is 6.71 Å². The third-order valence-electron chi connectivity index (χ3n) is 12.2. The Morgan fingerprint density at radius 3 is 1.17 bits per heavy atom. The molecule has 2 aliphatic heterocycles. The average Bonchev–Trinajstić information content (AvgIpc) is 3.22. The summed E-state index contributed by atoms with van der Waals surface area (Å²) < 4.78 is 0. The van der Waals surface area contributed by atoms with Crippen LogP contribution in [0.2, 0.25) is 0 Å². The molecule has 0 aliphatic carbocycles. The van der Waals surface area contributed by atoms with Gasteiger partial charge in [0, 0.05) is 44.9 Å². The molecule has 0 unspecified atom stereocenters. The van der Waals surface area contributed by atoms with Gasteiger partial charge in [0.05, 0.1) is 0 Å². The van der Waals surface area contributed by atoms with Crippen molar-refractivity contribution >= 4 is 122 Å². The zero-order chi connectivity index (χ0) is 34.4. The van der Waals surface area contributed by atoms with Gasteiger partial charge in [0.2, 0.25) is 0 Å². The van der Waals surface area contributed by atoms with Crippen LogP contribution in [0.15, 0.2) is 176 Å². The summed E-state index contributed by atoms with van der Waals surface area (Å²) in [4.78, 5) is 5.10. The van der Waals surface area contributed by atoms with Gasteiger partial charge in [-0.25, -0.2) is 0 Å². The molecule has 0 saturated carbocycles. The number of benzene rings is 11. The Balaban J connectivity index is 1.24. The molecule has 2 heterocycles. The van der Waals surface area contributed by atoms with Gasteiger partial charge in [0.25, 0.3) is 6.71 Å². The van der Waals surface area contributed by atoms with Gasteiger partial charge in [0.1, 0.15) is 0 Å². The molecule has 0 spiro atoms. The topological polar surface area (TPSA) is 6.48 Å². The fourth-order valence-electron chi connectivity index (χ4n) is 10.2. The minimum atomic E-state index is 0.0231. The van der Waals surface area contributed by atoms with Crippen LogP contribution in [0.1, 0.15) is 0 Å². The lowest BCUT2D eigenvalue weighted by Gasteiger charge is -2.45. The summed E-state index contributed by atoms with van der Waals surface area (Å²) in [5.74, 6) is 0. The van der Waals surface area contributed by atoms with Crippen molar-refractivity contribution < 1.29 is 0 Å². The van der Waals surface area contributed by atoms with Crippen molar-refractivity contribution in [2.45, 2.75) is 0 Å². The van der Waals surface area contributed by atoms with Crippen LogP contribution < -0.4 is 26.2 Å². The van der Waals surface area contributed by atoms with E-state index in [1.165, 1.54) is 115 Å². The van der Waals surface area contributed by atoms with E-state index < -0.39 is 0 Å². The van der Waals surface area contributed by atoms with Crippen LogP contribution in [0.25, 0.3) is 64.6 Å². The highest BCUT2D eigenvalue weighted by molar-refractivity contribution is 7.01. The molecule has 0 aromatic heterocycles. The normalized spacial score (nSPS) is 13.5. The smallest absolute Gasteiger partial charge is 0.252 e. The van der Waals surface area contributed by atoms with Crippen LogP contribution in [0.4, 0.5) is 34.1 Å². The Kier molecular flexibility index (Phi) is 5.22. The van der Waals surface area contributed by atoms with Crippen molar-refractivity contribution in [3.63, 3.8) is 0 Å². The van der Waals surface area contributed by atoms with Gasteiger partial charge in [-0.15, -0.1) is 0 Å². The molecule has 53 heavy (non-hydrogen) atoms. The molecule has 0 fully saturated rings. The fourth-order valence-corrected chi connectivity index (χ4v) is 10.2. The van der Waals surface area contributed by atoms with Crippen molar-refractivity contribution in [2.24, 2.45) is 0 Å². The summed E-state index contributed by atoms with van der Waals surface area (Å²) >= 11 is 0. The number of anilines is 6. The number of nitrogens with zero attached hydrogens (tertiary/aromatic N) is 2. The van der Waals surface area contributed by atoms with Gasteiger partial charge in [-0.2, -0.15) is 0 Å². The first-order chi connectivity index (χ1) is 26.3. The SMILES string of the molecule is c1ccc(N2c3cccc4c3B(c3cc5ccc6cccc7ccc(c32)c5c67)c2cc3ccc5cccc6ccc(c2N4c2ccccc2)c3c56)cc1. The van der Waals surface area contributed by atoms with E-state index in [4.69, 9.17) is 0 Å². The maximum Gasteiger partial charge on any atom is 0.252 e. The van der Waals surface area contributed by atoms with E-state index in [1.807, 2.05) is 0 Å². The average molecular weight is 669 g/mol. The molecule has 11 aromatic carbocycles. The molecule has 0 amide bonds. The molecule has 11 aromatic rings. The number of para-hydroxylation sites is 2. The molecule has 3 heteroatoms. The number of fused-ring (bicyclic) bond motifs is 6. The Labute approximate surface area is 306 Å². The summed E-state index contributed by atoms with van der Waals surface area (Å²) in [5, 5.41) is 15.7. The van der Waals surface area contributed by atoms with E-state index in [-0.39, 0.29) is 6.71 Å². The summed E-state index contributed by atoms with van der Waals surface area (Å²) in [6.07, 6.45) is 0. The van der Waals surface area contributed by atoms with Gasteiger partial charge < -0.3 is 9.80 Å². The first-order valence-electron chi connectivity index (χ1n) is 18.6. The minimum Gasteiger partial charge on any atom is -0.311 e. The zero-order valence-corrected chi connectivity index (χ0v) is 28.7. The molecule has 2 nitrogen and oxygen atoms in total. The Bertz CT molecular complexity index is 3050. The third kappa shape index (κ3) is 3.50. The molecule has 0 N–H and O–H groups in total. The lowest BCUT2D eigenvalue weighted by atomic mass is 9.33. The van der Waals surface area contributed by atoms with Crippen molar-refractivity contribution in [3.05, 3.63) is 176 Å². The summed E-state index contributed by atoms with van der Waals surface area (Å²) in [6, 6.07) is 66.1. The van der Waals surface area contributed by atoms with Crippen LogP contribution in [0, 0.1) is 0 Å². The molecular formula is C50H29BN2. The van der Waals surface area contributed by atoms with Gasteiger partial charge in [0.15, 0.2) is 0 Å². The second kappa shape index (κ2) is 9.94. The van der Waals surface area contributed by atoms with Crippen molar-refractivity contribution in [2.75, 3.05) is 9.80 Å². The first-order valence-corrected chi connectivity index (χ1v) is 18.6. The lowest BCUT2D eigenvalue weighted by molar-refractivity contribution is 1.27. The van der Waals surface area contributed by atoms with E-state index in [2.05, 4.69) is 186 Å². The van der Waals surface area contributed by atoms with E-state index >= 15 is 0 Å². The largest absolute Gasteiger partial charge is 0.311 e. The summed E-state index contributed by atoms with van der Waals surface area (Å²) in [7, 11) is 0. The second-order valence-corrected chi connectivity index (χ2v) is 14.8. The van der Waals surface area contributed by atoms with Crippen LogP contribution >= 0.6 is 0 Å². The van der Waals surface area contributed by atoms with E-state index in [0.29, 0.717) is 0 Å². The molecule has 0 atom stereocenters. The van der Waals surface area contributed by atoms with Gasteiger partial charge in [-0.3, -0.25) is 0 Å². The fraction of sp³-hybridized carbons (Fsp3) is 0. The Morgan fingerprint density at radius 2 is 0.717 bits per heavy atom. The van der Waals surface area contributed by atoms with Crippen molar-refractivity contribution in [1.82, 2.24) is 0 Å². The van der Waals surface area contributed by atoms with Crippen LogP contribution in [-0.2, 0) is 0 Å². The monoisotopic (exact) mass is 668 g/mol. The van der Waals surface area contributed by atoms with Crippen LogP contribution in [0.3, 0.4) is 0 Å². The van der Waals surface area contributed by atoms with Crippen LogP contribution in [0.5, 0.6) is 0 Å². The van der Waals surface area contributed by atoms with Crippen molar-refractivity contribution in [3.8, 4) is 0 Å². The molecule has 2 aliphatic rings. The molecule has 13 rings (SSSR count).